The minimum absolute atomic E-state index is 0.705. The highest BCUT2D eigenvalue weighted by Gasteiger charge is 2.16. The molecule has 0 saturated carbocycles. The maximum Gasteiger partial charge on any atom is 0.230 e. The van der Waals surface area contributed by atoms with E-state index in [4.69, 9.17) is 0 Å². The first kappa shape index (κ1) is 11.1. The van der Waals surface area contributed by atoms with Crippen LogP contribution in [0, 0.1) is 6.92 Å². The van der Waals surface area contributed by atoms with Gasteiger partial charge in [0.25, 0.3) is 0 Å². The van der Waals surface area contributed by atoms with Crippen LogP contribution in [0.15, 0.2) is 0 Å². The zero-order valence-electron chi connectivity index (χ0n) is 10.0. The molecule has 1 saturated heterocycles. The molecule has 2 heterocycles. The van der Waals surface area contributed by atoms with Crippen molar-refractivity contribution in [1.29, 1.82) is 0 Å². The van der Waals surface area contributed by atoms with Crippen molar-refractivity contribution in [2.75, 3.05) is 29.9 Å². The monoisotopic (exact) mass is 221 g/mol. The average Bonchev–Trinajstić information content (AvgIpc) is 2.79. The minimum Gasteiger partial charge on any atom is -0.354 e. The third-order valence-corrected chi connectivity index (χ3v) is 2.66. The fourth-order valence-corrected chi connectivity index (χ4v) is 1.84. The highest BCUT2D eigenvalue weighted by molar-refractivity contribution is 5.37. The number of nitrogens with one attached hydrogen (secondary N) is 1. The Balaban J connectivity index is 2.14. The molecule has 0 amide bonds. The van der Waals surface area contributed by atoms with Crippen LogP contribution in [0.2, 0.25) is 0 Å². The summed E-state index contributed by atoms with van der Waals surface area (Å²) in [4.78, 5) is 15.3. The third-order valence-electron chi connectivity index (χ3n) is 2.66. The molecule has 2 rings (SSSR count). The largest absolute Gasteiger partial charge is 0.354 e. The van der Waals surface area contributed by atoms with Gasteiger partial charge in [0, 0.05) is 19.6 Å². The number of hydrogen-bond acceptors (Lipinski definition) is 5. The van der Waals surface area contributed by atoms with Crippen LogP contribution >= 0.6 is 0 Å². The summed E-state index contributed by atoms with van der Waals surface area (Å²) in [7, 11) is 0. The molecule has 0 atom stereocenters. The third kappa shape index (κ3) is 2.59. The summed E-state index contributed by atoms with van der Waals surface area (Å²) in [6, 6.07) is 0. The van der Waals surface area contributed by atoms with Gasteiger partial charge in [0.1, 0.15) is 5.82 Å². The van der Waals surface area contributed by atoms with Gasteiger partial charge in [-0.3, -0.25) is 0 Å². The Labute approximate surface area is 96.3 Å². The molecule has 0 radical (unpaired) electrons. The van der Waals surface area contributed by atoms with Crippen LogP contribution in [0.25, 0.3) is 0 Å². The van der Waals surface area contributed by atoms with Crippen LogP contribution in [0.5, 0.6) is 0 Å². The molecule has 1 N–H and O–H groups in total. The molecular formula is C11H19N5. The van der Waals surface area contributed by atoms with Crippen molar-refractivity contribution in [3.8, 4) is 0 Å². The van der Waals surface area contributed by atoms with Crippen molar-refractivity contribution < 1.29 is 0 Å². The number of aryl methyl sites for hydroxylation is 1. The SMILES string of the molecule is CCCNc1nc(C)nc(N2CCCC2)n1. The summed E-state index contributed by atoms with van der Waals surface area (Å²) >= 11 is 0. The molecule has 16 heavy (non-hydrogen) atoms. The molecule has 1 aromatic rings. The van der Waals surface area contributed by atoms with Gasteiger partial charge in [-0.25, -0.2) is 0 Å². The fourth-order valence-electron chi connectivity index (χ4n) is 1.84. The maximum absolute atomic E-state index is 4.45. The van der Waals surface area contributed by atoms with E-state index in [1.54, 1.807) is 0 Å². The first-order chi connectivity index (χ1) is 7.79. The molecule has 5 nitrogen and oxygen atoms in total. The van der Waals surface area contributed by atoms with E-state index in [9.17, 15) is 0 Å². The van der Waals surface area contributed by atoms with Crippen molar-refractivity contribution in [3.05, 3.63) is 5.82 Å². The Morgan fingerprint density at radius 2 is 1.94 bits per heavy atom. The molecule has 1 aromatic heterocycles. The lowest BCUT2D eigenvalue weighted by molar-refractivity contribution is 0.851. The highest BCUT2D eigenvalue weighted by Crippen LogP contribution is 2.16. The quantitative estimate of drug-likeness (QED) is 0.837. The van der Waals surface area contributed by atoms with Crippen LogP contribution in [-0.4, -0.2) is 34.6 Å². The Bertz CT molecular complexity index is 346. The maximum atomic E-state index is 4.45. The summed E-state index contributed by atoms with van der Waals surface area (Å²) in [5.74, 6) is 2.32. The van der Waals surface area contributed by atoms with Gasteiger partial charge < -0.3 is 10.2 Å². The van der Waals surface area contributed by atoms with Crippen molar-refractivity contribution in [3.63, 3.8) is 0 Å². The highest BCUT2D eigenvalue weighted by atomic mass is 15.3. The lowest BCUT2D eigenvalue weighted by atomic mass is 10.4. The summed E-state index contributed by atoms with van der Waals surface area (Å²) in [6.45, 7) is 7.08. The summed E-state index contributed by atoms with van der Waals surface area (Å²) in [5, 5.41) is 3.21. The van der Waals surface area contributed by atoms with Crippen LogP contribution in [0.4, 0.5) is 11.9 Å². The van der Waals surface area contributed by atoms with Gasteiger partial charge in [-0.2, -0.15) is 15.0 Å². The first-order valence-electron chi connectivity index (χ1n) is 6.01. The molecule has 0 spiro atoms. The van der Waals surface area contributed by atoms with E-state index in [1.807, 2.05) is 6.92 Å². The predicted octanol–water partition coefficient (Wildman–Crippen LogP) is 1.60. The molecule has 1 aliphatic rings. The van der Waals surface area contributed by atoms with Crippen molar-refractivity contribution >= 4 is 11.9 Å². The van der Waals surface area contributed by atoms with Crippen molar-refractivity contribution in [1.82, 2.24) is 15.0 Å². The van der Waals surface area contributed by atoms with Gasteiger partial charge in [0.15, 0.2) is 0 Å². The van der Waals surface area contributed by atoms with Gasteiger partial charge in [0.05, 0.1) is 0 Å². The van der Waals surface area contributed by atoms with Crippen LogP contribution < -0.4 is 10.2 Å². The van der Waals surface area contributed by atoms with Crippen molar-refractivity contribution in [2.45, 2.75) is 33.1 Å². The molecule has 0 aromatic carbocycles. The Kier molecular flexibility index (Phi) is 3.54. The molecule has 0 bridgehead atoms. The number of anilines is 2. The van der Waals surface area contributed by atoms with E-state index in [0.29, 0.717) is 5.95 Å². The summed E-state index contributed by atoms with van der Waals surface area (Å²) in [5.41, 5.74) is 0. The Hall–Kier alpha value is -1.39. The minimum atomic E-state index is 0.705. The van der Waals surface area contributed by atoms with Crippen LogP contribution in [0.3, 0.4) is 0 Å². The zero-order valence-corrected chi connectivity index (χ0v) is 10.0. The fraction of sp³-hybridized carbons (Fsp3) is 0.727. The lowest BCUT2D eigenvalue weighted by Gasteiger charge is -2.16. The van der Waals surface area contributed by atoms with Gasteiger partial charge in [-0.15, -0.1) is 0 Å². The number of nitrogens with zero attached hydrogens (tertiary/aromatic N) is 4. The van der Waals surface area contributed by atoms with E-state index < -0.39 is 0 Å². The predicted molar refractivity (Wildman–Crippen MR) is 64.8 cm³/mol. The summed E-state index contributed by atoms with van der Waals surface area (Å²) < 4.78 is 0. The number of rotatable bonds is 4. The molecule has 0 aliphatic carbocycles. The second-order valence-corrected chi connectivity index (χ2v) is 4.13. The van der Waals surface area contributed by atoms with Gasteiger partial charge >= 0.3 is 0 Å². The Morgan fingerprint density at radius 1 is 1.19 bits per heavy atom. The molecular weight excluding hydrogens is 202 g/mol. The molecule has 1 fully saturated rings. The topological polar surface area (TPSA) is 53.9 Å². The lowest BCUT2D eigenvalue weighted by Crippen LogP contribution is -2.22. The van der Waals surface area contributed by atoms with E-state index in [2.05, 4.69) is 32.1 Å². The van der Waals surface area contributed by atoms with Gasteiger partial charge in [0.2, 0.25) is 11.9 Å². The van der Waals surface area contributed by atoms with E-state index in [0.717, 1.165) is 37.8 Å². The normalized spacial score (nSPS) is 15.5. The van der Waals surface area contributed by atoms with Crippen LogP contribution in [-0.2, 0) is 0 Å². The zero-order chi connectivity index (χ0) is 11.4. The second-order valence-electron chi connectivity index (χ2n) is 4.13. The van der Waals surface area contributed by atoms with E-state index >= 15 is 0 Å². The van der Waals surface area contributed by atoms with Gasteiger partial charge in [-0.05, 0) is 26.2 Å². The van der Waals surface area contributed by atoms with Gasteiger partial charge in [-0.1, -0.05) is 6.92 Å². The summed E-state index contributed by atoms with van der Waals surface area (Å²) in [6.07, 6.45) is 3.55. The standard InChI is InChI=1S/C11H19N5/c1-3-6-12-10-13-9(2)14-11(15-10)16-7-4-5-8-16/h3-8H2,1-2H3,(H,12,13,14,15). The van der Waals surface area contributed by atoms with E-state index in [-0.39, 0.29) is 0 Å². The van der Waals surface area contributed by atoms with Crippen molar-refractivity contribution in [2.24, 2.45) is 0 Å². The molecule has 1 aliphatic heterocycles. The number of hydrogen-bond donors (Lipinski definition) is 1. The first-order valence-corrected chi connectivity index (χ1v) is 6.01. The smallest absolute Gasteiger partial charge is 0.230 e. The Morgan fingerprint density at radius 3 is 2.62 bits per heavy atom. The average molecular weight is 221 g/mol. The second kappa shape index (κ2) is 5.09. The number of aromatic nitrogens is 3. The molecule has 5 heteroatoms. The molecule has 88 valence electrons. The van der Waals surface area contributed by atoms with E-state index in [1.165, 1.54) is 12.8 Å². The molecule has 0 unspecified atom stereocenters. The van der Waals surface area contributed by atoms with Crippen LogP contribution in [0.1, 0.15) is 32.0 Å².